The molecule has 7 nitrogen and oxygen atoms in total. The van der Waals surface area contributed by atoms with Gasteiger partial charge < -0.3 is 16.4 Å². The third kappa shape index (κ3) is 2.28. The second kappa shape index (κ2) is 5.14. The number of carbonyl (C=O) groups is 2. The van der Waals surface area contributed by atoms with Gasteiger partial charge >= 0.3 is 6.03 Å². The van der Waals surface area contributed by atoms with Crippen LogP contribution < -0.4 is 11.5 Å². The lowest BCUT2D eigenvalue weighted by molar-refractivity contribution is 0.0997. The molecular formula is C14H14FN5O2. The number of hydrogen-bond acceptors (Lipinski definition) is 3. The fourth-order valence-electron chi connectivity index (χ4n) is 2.60. The summed E-state index contributed by atoms with van der Waals surface area (Å²) in [5, 5.41) is 4.35. The number of fused-ring (bicyclic) bond motifs is 1. The Morgan fingerprint density at radius 1 is 1.23 bits per heavy atom. The summed E-state index contributed by atoms with van der Waals surface area (Å²) in [6.45, 7) is 0.939. The van der Waals surface area contributed by atoms with Crippen LogP contribution in [0, 0.1) is 5.82 Å². The van der Waals surface area contributed by atoms with Crippen molar-refractivity contribution < 1.29 is 14.0 Å². The number of hydrogen-bond donors (Lipinski definition) is 2. The van der Waals surface area contributed by atoms with Crippen LogP contribution in [0.3, 0.4) is 0 Å². The Labute approximate surface area is 125 Å². The van der Waals surface area contributed by atoms with Gasteiger partial charge in [0.2, 0.25) is 0 Å². The monoisotopic (exact) mass is 303 g/mol. The third-order valence-electron chi connectivity index (χ3n) is 3.64. The quantitative estimate of drug-likeness (QED) is 0.851. The van der Waals surface area contributed by atoms with Gasteiger partial charge in [0.1, 0.15) is 11.5 Å². The van der Waals surface area contributed by atoms with Gasteiger partial charge in [-0.1, -0.05) is 12.1 Å². The second-order valence-electron chi connectivity index (χ2n) is 5.03. The molecule has 22 heavy (non-hydrogen) atoms. The Hall–Kier alpha value is -2.90. The van der Waals surface area contributed by atoms with Gasteiger partial charge in [0.15, 0.2) is 0 Å². The number of nitrogens with zero attached hydrogens (tertiary/aromatic N) is 3. The summed E-state index contributed by atoms with van der Waals surface area (Å²) in [6.07, 6.45) is 0. The van der Waals surface area contributed by atoms with E-state index in [1.54, 1.807) is 10.7 Å². The minimum Gasteiger partial charge on any atom is -0.365 e. The molecular weight excluding hydrogens is 289 g/mol. The van der Waals surface area contributed by atoms with Crippen molar-refractivity contribution in [1.82, 2.24) is 14.7 Å². The highest BCUT2D eigenvalue weighted by molar-refractivity contribution is 6.00. The first-order valence-electron chi connectivity index (χ1n) is 6.67. The molecule has 1 aromatic heterocycles. The van der Waals surface area contributed by atoms with Crippen LogP contribution in [0.2, 0.25) is 0 Å². The Morgan fingerprint density at radius 3 is 2.64 bits per heavy atom. The molecule has 2 heterocycles. The number of nitrogens with two attached hydrogens (primary N) is 2. The molecule has 0 aliphatic carbocycles. The van der Waals surface area contributed by atoms with Crippen LogP contribution in [0.25, 0.3) is 11.3 Å². The number of carbonyl (C=O) groups excluding carboxylic acids is 2. The third-order valence-corrected chi connectivity index (χ3v) is 3.64. The highest BCUT2D eigenvalue weighted by Crippen LogP contribution is 2.28. The topological polar surface area (TPSA) is 107 Å². The fraction of sp³-hybridized carbons (Fsp3) is 0.214. The van der Waals surface area contributed by atoms with Gasteiger partial charge in [-0.2, -0.15) is 5.10 Å². The maximum atomic E-state index is 13.4. The summed E-state index contributed by atoms with van der Waals surface area (Å²) in [7, 11) is 0. The van der Waals surface area contributed by atoms with E-state index in [-0.39, 0.29) is 12.1 Å². The van der Waals surface area contributed by atoms with Crippen LogP contribution in [-0.2, 0) is 13.1 Å². The summed E-state index contributed by atoms with van der Waals surface area (Å²) in [5.74, 6) is -1.11. The van der Waals surface area contributed by atoms with E-state index in [0.717, 1.165) is 0 Å². The van der Waals surface area contributed by atoms with Crippen LogP contribution in [0.1, 0.15) is 16.1 Å². The van der Waals surface area contributed by atoms with Crippen LogP contribution in [0.5, 0.6) is 0 Å². The van der Waals surface area contributed by atoms with Crippen molar-refractivity contribution >= 4 is 11.9 Å². The molecule has 0 unspecified atom stereocenters. The highest BCUT2D eigenvalue weighted by Gasteiger charge is 2.28. The zero-order valence-electron chi connectivity index (χ0n) is 11.6. The summed E-state index contributed by atoms with van der Waals surface area (Å²) < 4.78 is 15.0. The predicted molar refractivity (Wildman–Crippen MR) is 76.1 cm³/mol. The van der Waals surface area contributed by atoms with E-state index in [1.165, 1.54) is 23.1 Å². The second-order valence-corrected chi connectivity index (χ2v) is 5.03. The lowest BCUT2D eigenvalue weighted by Gasteiger charge is -2.26. The number of halogens is 1. The van der Waals surface area contributed by atoms with E-state index in [9.17, 15) is 14.0 Å². The van der Waals surface area contributed by atoms with Gasteiger partial charge in [0.05, 0.1) is 24.3 Å². The number of amides is 3. The predicted octanol–water partition coefficient (Wildman–Crippen LogP) is 0.682. The van der Waals surface area contributed by atoms with E-state index in [2.05, 4.69) is 5.10 Å². The molecule has 4 N–H and O–H groups in total. The van der Waals surface area contributed by atoms with Crippen molar-refractivity contribution in [2.45, 2.75) is 13.1 Å². The fourth-order valence-corrected chi connectivity index (χ4v) is 2.60. The zero-order valence-corrected chi connectivity index (χ0v) is 11.6. The Morgan fingerprint density at radius 2 is 2.00 bits per heavy atom. The van der Waals surface area contributed by atoms with E-state index < -0.39 is 17.8 Å². The molecule has 1 aromatic carbocycles. The number of primary amides is 2. The van der Waals surface area contributed by atoms with Gasteiger partial charge in [0.25, 0.3) is 5.91 Å². The summed E-state index contributed by atoms with van der Waals surface area (Å²) in [4.78, 5) is 24.6. The molecule has 114 valence electrons. The van der Waals surface area contributed by atoms with E-state index in [4.69, 9.17) is 11.5 Å². The largest absolute Gasteiger partial charge is 0.365 e. The normalized spacial score (nSPS) is 13.8. The molecule has 1 aliphatic heterocycles. The van der Waals surface area contributed by atoms with Crippen molar-refractivity contribution in [3.8, 4) is 11.3 Å². The molecule has 0 atom stereocenters. The Bertz CT molecular complexity index is 771. The molecule has 3 rings (SSSR count). The first-order chi connectivity index (χ1) is 10.5. The standard InChI is InChI=1S/C14H14FN5O2/c15-9-3-1-2-8(6-9)12-11(13(16)21)10-7-19(14(17)22)4-5-20(10)18-12/h1-3,6H,4-5,7H2,(H2,16,21)(H2,17,22). The minimum atomic E-state index is -0.674. The highest BCUT2D eigenvalue weighted by atomic mass is 19.1. The molecule has 0 saturated carbocycles. The average Bonchev–Trinajstić information content (AvgIpc) is 2.85. The SMILES string of the molecule is NC(=O)c1c(-c2cccc(F)c2)nn2c1CN(C(N)=O)CC2. The van der Waals surface area contributed by atoms with Crippen LogP contribution in [0.4, 0.5) is 9.18 Å². The number of aromatic nitrogens is 2. The molecule has 0 radical (unpaired) electrons. The molecule has 3 amide bonds. The molecule has 1 aliphatic rings. The van der Waals surface area contributed by atoms with Gasteiger partial charge in [-0.15, -0.1) is 0 Å². The first-order valence-corrected chi connectivity index (χ1v) is 6.67. The maximum Gasteiger partial charge on any atom is 0.315 e. The minimum absolute atomic E-state index is 0.149. The van der Waals surface area contributed by atoms with Crippen molar-refractivity contribution in [2.24, 2.45) is 11.5 Å². The van der Waals surface area contributed by atoms with Crippen molar-refractivity contribution in [3.63, 3.8) is 0 Å². The van der Waals surface area contributed by atoms with Crippen molar-refractivity contribution in [2.75, 3.05) is 6.54 Å². The zero-order chi connectivity index (χ0) is 15.9. The van der Waals surface area contributed by atoms with Crippen LogP contribution in [0.15, 0.2) is 24.3 Å². The van der Waals surface area contributed by atoms with Gasteiger partial charge in [0, 0.05) is 12.1 Å². The maximum absolute atomic E-state index is 13.4. The van der Waals surface area contributed by atoms with E-state index >= 15 is 0 Å². The number of benzene rings is 1. The number of urea groups is 1. The molecule has 0 saturated heterocycles. The van der Waals surface area contributed by atoms with Crippen molar-refractivity contribution in [1.29, 1.82) is 0 Å². The molecule has 0 spiro atoms. The molecule has 0 bridgehead atoms. The molecule has 8 heteroatoms. The lowest BCUT2D eigenvalue weighted by atomic mass is 10.0. The Kier molecular flexibility index (Phi) is 3.28. The van der Waals surface area contributed by atoms with Gasteiger partial charge in [-0.3, -0.25) is 9.48 Å². The van der Waals surface area contributed by atoms with Crippen LogP contribution >= 0.6 is 0 Å². The first kappa shape index (κ1) is 14.1. The summed E-state index contributed by atoms with van der Waals surface area (Å²) in [5.41, 5.74) is 12.2. The molecule has 0 fully saturated rings. The summed E-state index contributed by atoms with van der Waals surface area (Å²) in [6, 6.07) is 5.19. The van der Waals surface area contributed by atoms with Crippen molar-refractivity contribution in [3.05, 3.63) is 41.3 Å². The van der Waals surface area contributed by atoms with E-state index in [1.807, 2.05) is 0 Å². The smallest absolute Gasteiger partial charge is 0.315 e. The average molecular weight is 303 g/mol. The van der Waals surface area contributed by atoms with Gasteiger partial charge in [-0.05, 0) is 12.1 Å². The Balaban J connectivity index is 2.14. The van der Waals surface area contributed by atoms with Crippen LogP contribution in [-0.4, -0.2) is 33.2 Å². The number of rotatable bonds is 2. The van der Waals surface area contributed by atoms with Gasteiger partial charge in [-0.25, -0.2) is 9.18 Å². The van der Waals surface area contributed by atoms with E-state index in [0.29, 0.717) is 30.0 Å². The molecule has 2 aromatic rings. The lowest BCUT2D eigenvalue weighted by Crippen LogP contribution is -2.42. The summed E-state index contributed by atoms with van der Waals surface area (Å²) >= 11 is 0.